The first-order chi connectivity index (χ1) is 22.1. The number of nitrogens with zero attached hydrogens (tertiary/aromatic N) is 2. The fourth-order valence-corrected chi connectivity index (χ4v) is 6.16. The maximum atomic E-state index is 6.46. The van der Waals surface area contributed by atoms with Gasteiger partial charge in [0.05, 0.1) is 22.6 Å². The lowest BCUT2D eigenvalue weighted by Gasteiger charge is -2.12. The smallest absolute Gasteiger partial charge is 0.0944 e. The third-order valence-corrected chi connectivity index (χ3v) is 8.55. The number of anilines is 1. The molecule has 45 heavy (non-hydrogen) atoms. The van der Waals surface area contributed by atoms with Crippen molar-refractivity contribution < 1.29 is 0 Å². The Balaban J connectivity index is 1.21. The molecular formula is C42H33N3. The van der Waals surface area contributed by atoms with Crippen LogP contribution in [0, 0.1) is 0 Å². The Morgan fingerprint density at radius 2 is 1.31 bits per heavy atom. The lowest BCUT2D eigenvalue weighted by molar-refractivity contribution is 1.39. The van der Waals surface area contributed by atoms with E-state index in [4.69, 9.17) is 15.7 Å². The van der Waals surface area contributed by atoms with Crippen LogP contribution in [0.1, 0.15) is 30.5 Å². The van der Waals surface area contributed by atoms with Gasteiger partial charge >= 0.3 is 0 Å². The van der Waals surface area contributed by atoms with E-state index in [-0.39, 0.29) is 0 Å². The highest BCUT2D eigenvalue weighted by atomic mass is 14.7. The minimum Gasteiger partial charge on any atom is -0.396 e. The van der Waals surface area contributed by atoms with Gasteiger partial charge in [-0.3, -0.25) is 4.99 Å². The number of nitrogen functional groups attached to an aromatic ring is 1. The fraction of sp³-hybridized carbons (Fsp3) is 0.0476. The average molecular weight is 580 g/mol. The molecule has 1 aromatic heterocycles. The Labute approximate surface area is 263 Å². The van der Waals surface area contributed by atoms with Crippen molar-refractivity contribution in [2.45, 2.75) is 13.8 Å². The minimum atomic E-state index is 0.695. The zero-order chi connectivity index (χ0) is 30.9. The Morgan fingerprint density at radius 3 is 1.96 bits per heavy atom. The third kappa shape index (κ3) is 5.09. The molecule has 0 aliphatic heterocycles. The molecule has 0 radical (unpaired) electrons. The van der Waals surface area contributed by atoms with Gasteiger partial charge in [0, 0.05) is 22.7 Å². The number of benzene rings is 6. The highest BCUT2D eigenvalue weighted by Crippen LogP contribution is 2.36. The molecule has 0 spiro atoms. The molecule has 6 aromatic carbocycles. The molecule has 3 heteroatoms. The molecule has 7 rings (SSSR count). The maximum absolute atomic E-state index is 6.46. The van der Waals surface area contributed by atoms with Crippen LogP contribution >= 0.6 is 0 Å². The fourth-order valence-electron chi connectivity index (χ4n) is 6.16. The lowest BCUT2D eigenvalue weighted by Crippen LogP contribution is -1.97. The summed E-state index contributed by atoms with van der Waals surface area (Å²) in [6, 6.07) is 40.5. The number of aromatic nitrogens is 1. The van der Waals surface area contributed by atoms with Gasteiger partial charge in [0.25, 0.3) is 0 Å². The first-order valence-corrected chi connectivity index (χ1v) is 15.2. The van der Waals surface area contributed by atoms with Crippen molar-refractivity contribution in [3.63, 3.8) is 0 Å². The van der Waals surface area contributed by atoms with Gasteiger partial charge in [0.1, 0.15) is 0 Å². The second-order valence-corrected chi connectivity index (χ2v) is 11.3. The van der Waals surface area contributed by atoms with Crippen LogP contribution in [0.3, 0.4) is 0 Å². The highest BCUT2D eigenvalue weighted by molar-refractivity contribution is 6.25. The van der Waals surface area contributed by atoms with E-state index in [1.807, 2.05) is 37.4 Å². The molecular weight excluding hydrogens is 546 g/mol. The summed E-state index contributed by atoms with van der Waals surface area (Å²) in [7, 11) is 0. The largest absolute Gasteiger partial charge is 0.396 e. The number of hydrogen-bond acceptors (Lipinski definition) is 3. The Bertz CT molecular complexity index is 2320. The monoisotopic (exact) mass is 579 g/mol. The number of pyridine rings is 1. The number of allylic oxidation sites excluding steroid dienone is 3. The van der Waals surface area contributed by atoms with Crippen molar-refractivity contribution in [2.75, 3.05) is 5.73 Å². The SMILES string of the molecule is C=C/C(=N\C=C(/C)c1ccc2c3ccccc3c3ccccc3c2c1)c1ccc(-c2ccc3ccc(/C=C\C)c(N)c3n2)cc1. The van der Waals surface area contributed by atoms with Gasteiger partial charge in [0.2, 0.25) is 0 Å². The molecule has 3 nitrogen and oxygen atoms in total. The summed E-state index contributed by atoms with van der Waals surface area (Å²) in [5.41, 5.74) is 14.9. The average Bonchev–Trinajstić information content (AvgIpc) is 3.10. The van der Waals surface area contributed by atoms with E-state index in [1.165, 1.54) is 32.3 Å². The second-order valence-electron chi connectivity index (χ2n) is 11.3. The summed E-state index contributed by atoms with van der Waals surface area (Å²) in [6.07, 6.45) is 7.73. The summed E-state index contributed by atoms with van der Waals surface area (Å²) >= 11 is 0. The quantitative estimate of drug-likeness (QED) is 0.121. The Hall–Kier alpha value is -5.80. The minimum absolute atomic E-state index is 0.695. The third-order valence-electron chi connectivity index (χ3n) is 8.55. The number of aliphatic imine (C=N–C) groups is 1. The van der Waals surface area contributed by atoms with Gasteiger partial charge in [-0.2, -0.15) is 0 Å². The molecule has 2 N–H and O–H groups in total. The summed E-state index contributed by atoms with van der Waals surface area (Å²) in [6.45, 7) is 8.14. The predicted molar refractivity (Wildman–Crippen MR) is 196 cm³/mol. The molecule has 0 bridgehead atoms. The predicted octanol–water partition coefficient (Wildman–Crippen LogP) is 11.0. The van der Waals surface area contributed by atoms with Crippen molar-refractivity contribution in [1.82, 2.24) is 4.98 Å². The van der Waals surface area contributed by atoms with Crippen molar-refractivity contribution >= 4 is 66.3 Å². The molecule has 7 aromatic rings. The van der Waals surface area contributed by atoms with E-state index in [2.05, 4.69) is 117 Å². The molecule has 0 saturated heterocycles. The number of hydrogen-bond donors (Lipinski definition) is 1. The molecule has 0 amide bonds. The summed E-state index contributed by atoms with van der Waals surface area (Å²) < 4.78 is 0. The van der Waals surface area contributed by atoms with Gasteiger partial charge in [-0.05, 0) is 81.1 Å². The molecule has 0 aliphatic rings. The molecule has 216 valence electrons. The second kappa shape index (κ2) is 11.7. The first-order valence-electron chi connectivity index (χ1n) is 15.2. The van der Waals surface area contributed by atoms with E-state index in [9.17, 15) is 0 Å². The van der Waals surface area contributed by atoms with Crippen LogP contribution < -0.4 is 5.73 Å². The molecule has 0 atom stereocenters. The molecule has 0 fully saturated rings. The highest BCUT2D eigenvalue weighted by Gasteiger charge is 2.10. The van der Waals surface area contributed by atoms with Crippen molar-refractivity contribution in [2.24, 2.45) is 4.99 Å². The van der Waals surface area contributed by atoms with E-state index < -0.39 is 0 Å². The maximum Gasteiger partial charge on any atom is 0.0944 e. The van der Waals surface area contributed by atoms with E-state index in [0.717, 1.165) is 50.1 Å². The van der Waals surface area contributed by atoms with Crippen molar-refractivity contribution in [1.29, 1.82) is 0 Å². The van der Waals surface area contributed by atoms with Gasteiger partial charge in [-0.25, -0.2) is 4.98 Å². The van der Waals surface area contributed by atoms with Gasteiger partial charge in [-0.15, -0.1) is 0 Å². The van der Waals surface area contributed by atoms with Crippen molar-refractivity contribution in [3.8, 4) is 11.3 Å². The normalized spacial score (nSPS) is 12.6. The molecule has 0 unspecified atom stereocenters. The van der Waals surface area contributed by atoms with Crippen LogP contribution in [0.5, 0.6) is 0 Å². The van der Waals surface area contributed by atoms with E-state index in [1.54, 1.807) is 6.08 Å². The van der Waals surface area contributed by atoms with Crippen LogP contribution in [0.25, 0.3) is 66.1 Å². The van der Waals surface area contributed by atoms with Crippen LogP contribution in [0.2, 0.25) is 0 Å². The van der Waals surface area contributed by atoms with Gasteiger partial charge in [-0.1, -0.05) is 122 Å². The van der Waals surface area contributed by atoms with Crippen LogP contribution in [-0.4, -0.2) is 10.7 Å². The first kappa shape index (κ1) is 28.0. The lowest BCUT2D eigenvalue weighted by atomic mass is 9.92. The standard InChI is InChI=1S/C42H33N3/c1-4-10-30-19-20-31-22-24-40(45-42(31)41(30)43)29-17-15-28(16-18-29)39(5-2)44-26-27(3)32-21-23-37-35-13-7-6-11-33(35)34-12-8-9-14-36(34)38(37)25-32/h4-26H,2,43H2,1,3H3/b10-4-,27-26+,44-39+. The van der Waals surface area contributed by atoms with Crippen molar-refractivity contribution in [3.05, 3.63) is 157 Å². The molecule has 0 aliphatic carbocycles. The number of fused-ring (bicyclic) bond motifs is 7. The number of rotatable bonds is 6. The summed E-state index contributed by atoms with van der Waals surface area (Å²) in [5.74, 6) is 0. The zero-order valence-corrected chi connectivity index (χ0v) is 25.5. The van der Waals surface area contributed by atoms with Crippen LogP contribution in [0.4, 0.5) is 5.69 Å². The molecule has 0 saturated carbocycles. The van der Waals surface area contributed by atoms with E-state index in [0.29, 0.717) is 5.69 Å². The molecule has 1 heterocycles. The zero-order valence-electron chi connectivity index (χ0n) is 25.5. The van der Waals surface area contributed by atoms with Crippen LogP contribution in [-0.2, 0) is 0 Å². The summed E-state index contributed by atoms with van der Waals surface area (Å²) in [5, 5.41) is 8.63. The summed E-state index contributed by atoms with van der Waals surface area (Å²) in [4.78, 5) is 9.78. The Morgan fingerprint density at radius 1 is 0.711 bits per heavy atom. The topological polar surface area (TPSA) is 51.3 Å². The van der Waals surface area contributed by atoms with E-state index >= 15 is 0 Å². The number of nitrogens with two attached hydrogens (primary N) is 1. The van der Waals surface area contributed by atoms with Crippen LogP contribution in [0.15, 0.2) is 145 Å². The van der Waals surface area contributed by atoms with Gasteiger partial charge < -0.3 is 5.73 Å². The Kier molecular flexibility index (Phi) is 7.28. The van der Waals surface area contributed by atoms with Gasteiger partial charge in [0.15, 0.2) is 0 Å².